The van der Waals surface area contributed by atoms with Crippen molar-refractivity contribution in [1.29, 1.82) is 0 Å². The fourth-order valence-corrected chi connectivity index (χ4v) is 0.447. The van der Waals surface area contributed by atoms with Crippen LogP contribution >= 0.6 is 0 Å². The van der Waals surface area contributed by atoms with Crippen molar-refractivity contribution >= 4 is 10.1 Å². The van der Waals surface area contributed by atoms with Crippen LogP contribution in [0.15, 0.2) is 0 Å². The van der Waals surface area contributed by atoms with E-state index < -0.39 is 15.2 Å². The third kappa shape index (κ3) is 48.1. The monoisotopic (exact) mass is 187 g/mol. The van der Waals surface area contributed by atoms with Gasteiger partial charge in [0.15, 0.2) is 0 Å². The zero-order valence-electron chi connectivity index (χ0n) is 5.34. The van der Waals surface area contributed by atoms with Crippen molar-refractivity contribution in [1.82, 2.24) is 0 Å². The molecule has 0 aliphatic carbocycles. The van der Waals surface area contributed by atoms with E-state index in [-0.39, 0.29) is 12.3 Å². The van der Waals surface area contributed by atoms with Crippen LogP contribution in [0.1, 0.15) is 0 Å². The standard InChI is InChI=1S/C2H7NO3S.NO3/c3-1-2-7(4,5)6;2-1(3)4/h1-3H2,(H,4,5,6);/q;-1. The molecule has 0 saturated carbocycles. The van der Waals surface area contributed by atoms with Gasteiger partial charge >= 0.3 is 0 Å². The lowest BCUT2D eigenvalue weighted by Crippen LogP contribution is -2.13. The normalized spacial score (nSPS) is 9.64. The molecule has 0 radical (unpaired) electrons. The first-order chi connectivity index (χ1) is 4.79. The topological polar surface area (TPSA) is 147 Å². The Kier molecular flexibility index (Phi) is 6.74. The Labute approximate surface area is 62.5 Å². The van der Waals surface area contributed by atoms with Gasteiger partial charge in [-0.1, -0.05) is 0 Å². The number of nitrogens with two attached hydrogens (primary N) is 1. The van der Waals surface area contributed by atoms with Crippen LogP contribution in [0.3, 0.4) is 0 Å². The minimum absolute atomic E-state index is 0.0289. The van der Waals surface area contributed by atoms with Gasteiger partial charge in [-0.3, -0.25) is 4.55 Å². The minimum atomic E-state index is -3.80. The first kappa shape index (κ1) is 12.7. The summed E-state index contributed by atoms with van der Waals surface area (Å²) in [5.74, 6) is -0.354. The Hall–Kier alpha value is -0.930. The van der Waals surface area contributed by atoms with Crippen LogP contribution < -0.4 is 5.73 Å². The minimum Gasteiger partial charge on any atom is -0.356 e. The summed E-state index contributed by atoms with van der Waals surface area (Å²) in [7, 11) is -3.80. The average Bonchev–Trinajstić information content (AvgIpc) is 1.58. The molecule has 0 aliphatic rings. The third-order valence-electron chi connectivity index (χ3n) is 0.376. The van der Waals surface area contributed by atoms with Crippen LogP contribution in [0.25, 0.3) is 0 Å². The van der Waals surface area contributed by atoms with Crippen molar-refractivity contribution in [3.63, 3.8) is 0 Å². The van der Waals surface area contributed by atoms with E-state index in [9.17, 15) is 8.42 Å². The lowest BCUT2D eigenvalue weighted by molar-refractivity contribution is -0.402. The van der Waals surface area contributed by atoms with Gasteiger partial charge in [-0.2, -0.15) is 8.42 Å². The smallest absolute Gasteiger partial charge is 0.266 e. The molecule has 0 heterocycles. The van der Waals surface area contributed by atoms with Crippen molar-refractivity contribution in [2.45, 2.75) is 0 Å². The van der Waals surface area contributed by atoms with Crippen molar-refractivity contribution in [2.24, 2.45) is 5.73 Å². The van der Waals surface area contributed by atoms with E-state index in [2.05, 4.69) is 0 Å². The number of hydrogen-bond acceptors (Lipinski definition) is 6. The maximum Gasteiger partial charge on any atom is 0.266 e. The SMILES string of the molecule is NCCS(=O)(=O)O.O=[N+]([O-])[O-]. The first-order valence-corrected chi connectivity index (χ1v) is 3.87. The van der Waals surface area contributed by atoms with Gasteiger partial charge < -0.3 is 21.1 Å². The fourth-order valence-electron chi connectivity index (χ4n) is 0.149. The molecule has 0 rings (SSSR count). The predicted molar refractivity (Wildman–Crippen MR) is 35.8 cm³/mol. The van der Waals surface area contributed by atoms with Gasteiger partial charge in [0, 0.05) is 6.54 Å². The zero-order chi connectivity index (χ0) is 9.49. The molecule has 8 nitrogen and oxygen atoms in total. The highest BCUT2D eigenvalue weighted by molar-refractivity contribution is 7.85. The fraction of sp³-hybridized carbons (Fsp3) is 1.00. The van der Waals surface area contributed by atoms with Crippen LogP contribution in [0.4, 0.5) is 0 Å². The Morgan fingerprint density at radius 2 is 1.73 bits per heavy atom. The van der Waals surface area contributed by atoms with Crippen LogP contribution in [0.5, 0.6) is 0 Å². The molecular formula is C2H7N2O6S-. The van der Waals surface area contributed by atoms with Crippen LogP contribution in [0, 0.1) is 15.3 Å². The number of hydrogen-bond donors (Lipinski definition) is 2. The molecule has 68 valence electrons. The lowest BCUT2D eigenvalue weighted by atomic mass is 10.8. The number of nitrogens with zero attached hydrogens (tertiary/aromatic N) is 1. The van der Waals surface area contributed by atoms with E-state index in [1.807, 2.05) is 0 Å². The van der Waals surface area contributed by atoms with E-state index in [4.69, 9.17) is 25.6 Å². The number of rotatable bonds is 2. The summed E-state index contributed by atoms with van der Waals surface area (Å²) in [4.78, 5) is 8.25. The second kappa shape index (κ2) is 5.82. The summed E-state index contributed by atoms with van der Waals surface area (Å²) in [6, 6.07) is 0. The average molecular weight is 187 g/mol. The Balaban J connectivity index is 0. The molecule has 9 heteroatoms. The van der Waals surface area contributed by atoms with Crippen molar-refractivity contribution < 1.29 is 18.1 Å². The molecule has 0 unspecified atom stereocenters. The van der Waals surface area contributed by atoms with Crippen molar-refractivity contribution in [2.75, 3.05) is 12.3 Å². The van der Waals surface area contributed by atoms with E-state index in [0.717, 1.165) is 0 Å². The Bertz CT molecular complexity index is 193. The molecule has 0 atom stereocenters. The molecule has 0 aromatic carbocycles. The van der Waals surface area contributed by atoms with Gasteiger partial charge in [0.05, 0.1) is 10.8 Å². The van der Waals surface area contributed by atoms with Crippen LogP contribution in [-0.4, -0.2) is 30.4 Å². The molecule has 0 aromatic heterocycles. The summed E-state index contributed by atoms with van der Waals surface area (Å²) < 4.78 is 27.3. The van der Waals surface area contributed by atoms with Crippen LogP contribution in [0.2, 0.25) is 0 Å². The molecule has 3 N–H and O–H groups in total. The van der Waals surface area contributed by atoms with E-state index in [1.165, 1.54) is 0 Å². The van der Waals surface area contributed by atoms with E-state index >= 15 is 0 Å². The van der Waals surface area contributed by atoms with Crippen molar-refractivity contribution in [3.8, 4) is 0 Å². The summed E-state index contributed by atoms with van der Waals surface area (Å²) >= 11 is 0. The van der Waals surface area contributed by atoms with Gasteiger partial charge in [-0.05, 0) is 0 Å². The second-order valence-corrected chi connectivity index (χ2v) is 2.87. The summed E-state index contributed by atoms with van der Waals surface area (Å²) in [6.45, 7) is -0.0289. The van der Waals surface area contributed by atoms with Gasteiger partial charge in [0.1, 0.15) is 0 Å². The molecular weight excluding hydrogens is 180 g/mol. The maximum absolute atomic E-state index is 9.71. The summed E-state index contributed by atoms with van der Waals surface area (Å²) in [5.41, 5.74) is 4.78. The highest BCUT2D eigenvalue weighted by Crippen LogP contribution is 1.74. The highest BCUT2D eigenvalue weighted by Gasteiger charge is 1.98. The molecule has 11 heavy (non-hydrogen) atoms. The van der Waals surface area contributed by atoms with Crippen molar-refractivity contribution in [3.05, 3.63) is 15.3 Å². The predicted octanol–water partition coefficient (Wildman–Crippen LogP) is -1.41. The molecule has 0 aromatic rings. The van der Waals surface area contributed by atoms with Gasteiger partial charge in [-0.25, -0.2) is 0 Å². The zero-order valence-corrected chi connectivity index (χ0v) is 6.15. The lowest BCUT2D eigenvalue weighted by Gasteiger charge is -1.86. The van der Waals surface area contributed by atoms with E-state index in [1.54, 1.807) is 0 Å². The Morgan fingerprint density at radius 3 is 1.73 bits per heavy atom. The largest absolute Gasteiger partial charge is 0.356 e. The van der Waals surface area contributed by atoms with E-state index in [0.29, 0.717) is 0 Å². The first-order valence-electron chi connectivity index (χ1n) is 2.26. The summed E-state index contributed by atoms with van der Waals surface area (Å²) in [5, 5.41) is 14.8. The Morgan fingerprint density at radius 1 is 1.45 bits per heavy atom. The van der Waals surface area contributed by atoms with Gasteiger partial charge in [0.25, 0.3) is 10.1 Å². The third-order valence-corrected chi connectivity index (χ3v) is 1.13. The molecule has 0 saturated heterocycles. The molecule has 0 fully saturated rings. The molecule has 0 amide bonds. The quantitative estimate of drug-likeness (QED) is 0.306. The van der Waals surface area contributed by atoms with Crippen LogP contribution in [-0.2, 0) is 10.1 Å². The van der Waals surface area contributed by atoms with Gasteiger partial charge in [-0.15, -0.1) is 0 Å². The highest BCUT2D eigenvalue weighted by atomic mass is 32.2. The molecule has 0 aliphatic heterocycles. The molecule has 0 spiro atoms. The second-order valence-electron chi connectivity index (χ2n) is 1.30. The maximum atomic E-state index is 9.71. The summed E-state index contributed by atoms with van der Waals surface area (Å²) in [6.07, 6.45) is 0. The van der Waals surface area contributed by atoms with Gasteiger partial charge in [0.2, 0.25) is 0 Å². The molecule has 0 bridgehead atoms.